The molecular weight excluding hydrogens is 825 g/mol. The van der Waals surface area contributed by atoms with Crippen LogP contribution in [0.4, 0.5) is 0 Å². The van der Waals surface area contributed by atoms with Crippen LogP contribution in [0.1, 0.15) is 22.3 Å². The summed E-state index contributed by atoms with van der Waals surface area (Å²) in [4.78, 5) is 11.0. The number of aromatic nitrogens is 2. The van der Waals surface area contributed by atoms with Crippen LogP contribution in [-0.2, 0) is 5.41 Å². The van der Waals surface area contributed by atoms with Crippen molar-refractivity contribution in [1.82, 2.24) is 9.97 Å². The van der Waals surface area contributed by atoms with E-state index in [0.717, 1.165) is 72.3 Å². The van der Waals surface area contributed by atoms with Gasteiger partial charge in [-0.05, 0) is 132 Å². The van der Waals surface area contributed by atoms with E-state index in [1.807, 2.05) is 12.1 Å². The Morgan fingerprint density at radius 3 is 1.34 bits per heavy atom. The highest BCUT2D eigenvalue weighted by molar-refractivity contribution is 6.06. The van der Waals surface area contributed by atoms with Gasteiger partial charge in [-0.2, -0.15) is 0 Å². The number of furan rings is 1. The maximum Gasteiger partial charge on any atom is 0.160 e. The highest BCUT2D eigenvalue weighted by Gasteiger charge is 2.49. The standard InChI is InChI=1S/C65H40N2O/c1-3-17-41(18-4-1)45-35-46(42-19-5-2-6-20-42)37-47(36-45)61-40-60(43-32-34-63-55(38-43)53-26-12-16-30-62(53)68-63)66-64(67-61)44-31-33-59-54(39-44)52-25-11-15-29-58(52)65(59)56-27-13-9-23-50(56)48-21-7-8-22-49(48)51-24-10-14-28-57(51)65/h1-40H. The van der Waals surface area contributed by atoms with Crippen LogP contribution in [-0.4, -0.2) is 9.97 Å². The first-order valence-corrected chi connectivity index (χ1v) is 23.3. The molecule has 0 aliphatic heterocycles. The molecule has 0 bridgehead atoms. The summed E-state index contributed by atoms with van der Waals surface area (Å²) in [6.45, 7) is 0. The van der Waals surface area contributed by atoms with Crippen LogP contribution in [0.25, 0.3) is 111 Å². The first-order chi connectivity index (χ1) is 33.7. The monoisotopic (exact) mass is 864 g/mol. The van der Waals surface area contributed by atoms with E-state index in [1.54, 1.807) is 0 Å². The molecule has 0 atom stereocenters. The molecule has 2 aliphatic rings. The second-order valence-corrected chi connectivity index (χ2v) is 18.0. The van der Waals surface area contributed by atoms with Gasteiger partial charge in [0, 0.05) is 27.5 Å². The Bertz CT molecular complexity index is 3850. The van der Waals surface area contributed by atoms with E-state index in [2.05, 4.69) is 231 Å². The number of hydrogen-bond donors (Lipinski definition) is 0. The summed E-state index contributed by atoms with van der Waals surface area (Å²) in [7, 11) is 0. The number of benzene rings is 10. The van der Waals surface area contributed by atoms with Crippen molar-refractivity contribution in [2.45, 2.75) is 5.41 Å². The Labute approximate surface area is 394 Å². The van der Waals surface area contributed by atoms with E-state index < -0.39 is 5.41 Å². The minimum absolute atomic E-state index is 0.570. The van der Waals surface area contributed by atoms with Gasteiger partial charge < -0.3 is 4.42 Å². The van der Waals surface area contributed by atoms with E-state index in [0.29, 0.717) is 5.82 Å². The predicted molar refractivity (Wildman–Crippen MR) is 278 cm³/mol. The van der Waals surface area contributed by atoms with Gasteiger partial charge in [0.25, 0.3) is 0 Å². The van der Waals surface area contributed by atoms with Crippen molar-refractivity contribution in [1.29, 1.82) is 0 Å². The van der Waals surface area contributed by atoms with Gasteiger partial charge in [-0.3, -0.25) is 0 Å². The van der Waals surface area contributed by atoms with Crippen LogP contribution < -0.4 is 0 Å². The van der Waals surface area contributed by atoms with Crippen molar-refractivity contribution in [3.05, 3.63) is 265 Å². The van der Waals surface area contributed by atoms with E-state index in [1.165, 1.54) is 55.6 Å². The predicted octanol–water partition coefficient (Wildman–Crippen LogP) is 16.7. The van der Waals surface area contributed by atoms with Gasteiger partial charge in [0.2, 0.25) is 0 Å². The van der Waals surface area contributed by atoms with E-state index in [-0.39, 0.29) is 0 Å². The van der Waals surface area contributed by atoms with Gasteiger partial charge in [0.1, 0.15) is 11.2 Å². The molecular formula is C65H40N2O. The molecule has 0 unspecified atom stereocenters. The maximum atomic E-state index is 6.30. The molecule has 68 heavy (non-hydrogen) atoms. The molecule has 0 N–H and O–H groups in total. The van der Waals surface area contributed by atoms with Crippen LogP contribution in [0, 0.1) is 0 Å². The fourth-order valence-corrected chi connectivity index (χ4v) is 11.3. The van der Waals surface area contributed by atoms with Gasteiger partial charge in [-0.15, -0.1) is 0 Å². The van der Waals surface area contributed by atoms with Crippen molar-refractivity contribution in [2.24, 2.45) is 0 Å². The molecule has 0 fully saturated rings. The Morgan fingerprint density at radius 1 is 0.265 bits per heavy atom. The van der Waals surface area contributed by atoms with E-state index in [4.69, 9.17) is 14.4 Å². The molecule has 2 aliphatic carbocycles. The topological polar surface area (TPSA) is 38.9 Å². The highest BCUT2D eigenvalue weighted by Crippen LogP contribution is 2.61. The zero-order valence-corrected chi connectivity index (χ0v) is 36.9. The first-order valence-electron chi connectivity index (χ1n) is 23.3. The van der Waals surface area contributed by atoms with E-state index in [9.17, 15) is 0 Å². The molecule has 316 valence electrons. The summed E-state index contributed by atoms with van der Waals surface area (Å²) >= 11 is 0. The van der Waals surface area contributed by atoms with Gasteiger partial charge >= 0.3 is 0 Å². The van der Waals surface area contributed by atoms with Gasteiger partial charge in [0.05, 0.1) is 16.8 Å². The zero-order valence-electron chi connectivity index (χ0n) is 36.9. The third-order valence-electron chi connectivity index (χ3n) is 14.3. The van der Waals surface area contributed by atoms with Crippen LogP contribution >= 0.6 is 0 Å². The van der Waals surface area contributed by atoms with Crippen LogP contribution in [0.2, 0.25) is 0 Å². The van der Waals surface area contributed by atoms with Gasteiger partial charge in [-0.1, -0.05) is 188 Å². The largest absolute Gasteiger partial charge is 0.456 e. The molecule has 10 aromatic carbocycles. The lowest BCUT2D eigenvalue weighted by Gasteiger charge is -2.35. The Morgan fingerprint density at radius 2 is 0.721 bits per heavy atom. The van der Waals surface area contributed by atoms with Crippen molar-refractivity contribution < 1.29 is 4.42 Å². The third kappa shape index (κ3) is 5.79. The lowest BCUT2D eigenvalue weighted by atomic mass is 9.66. The summed E-state index contributed by atoms with van der Waals surface area (Å²) < 4.78 is 6.30. The molecule has 0 saturated carbocycles. The molecule has 2 aromatic heterocycles. The maximum absolute atomic E-state index is 6.30. The van der Waals surface area contributed by atoms with Crippen molar-refractivity contribution in [2.75, 3.05) is 0 Å². The Hall–Kier alpha value is -8.92. The van der Waals surface area contributed by atoms with Crippen molar-refractivity contribution >= 4 is 21.9 Å². The molecule has 0 radical (unpaired) electrons. The zero-order chi connectivity index (χ0) is 44.8. The fraction of sp³-hybridized carbons (Fsp3) is 0.0154. The second-order valence-electron chi connectivity index (χ2n) is 18.0. The quantitative estimate of drug-likeness (QED) is 0.173. The molecule has 12 aromatic rings. The third-order valence-corrected chi connectivity index (χ3v) is 14.3. The normalized spacial score (nSPS) is 12.8. The van der Waals surface area contributed by atoms with E-state index >= 15 is 0 Å². The summed E-state index contributed by atoms with van der Waals surface area (Å²) in [6.07, 6.45) is 0. The smallest absolute Gasteiger partial charge is 0.160 e. The van der Waals surface area contributed by atoms with Crippen LogP contribution in [0.15, 0.2) is 247 Å². The van der Waals surface area contributed by atoms with Gasteiger partial charge in [-0.25, -0.2) is 9.97 Å². The number of rotatable bonds is 5. The minimum Gasteiger partial charge on any atom is -0.456 e. The molecule has 14 rings (SSSR count). The number of fused-ring (bicyclic) bond motifs is 15. The second kappa shape index (κ2) is 15.1. The molecule has 2 heterocycles. The lowest BCUT2D eigenvalue weighted by Crippen LogP contribution is -2.29. The average molecular weight is 865 g/mol. The van der Waals surface area contributed by atoms with Gasteiger partial charge in [0.15, 0.2) is 5.82 Å². The van der Waals surface area contributed by atoms with Crippen LogP contribution in [0.3, 0.4) is 0 Å². The minimum atomic E-state index is -0.570. The average Bonchev–Trinajstić information content (AvgIpc) is 3.91. The molecule has 0 saturated heterocycles. The SMILES string of the molecule is c1ccc(-c2cc(-c3ccccc3)cc(-c3cc(-c4ccc5oc6ccccc6c5c4)nc(-c4ccc5c(c4)-c4ccccc4C54c5ccccc5-c5ccccc5-c5ccccc54)n3)c2)cc1. The molecule has 3 heteroatoms. The van der Waals surface area contributed by atoms with Crippen molar-refractivity contribution in [3.63, 3.8) is 0 Å². The molecule has 0 amide bonds. The summed E-state index contributed by atoms with van der Waals surface area (Å²) in [5, 5.41) is 2.14. The van der Waals surface area contributed by atoms with Crippen LogP contribution in [0.5, 0.6) is 0 Å². The molecule has 3 nitrogen and oxygen atoms in total. The summed E-state index contributed by atoms with van der Waals surface area (Å²) in [5.74, 6) is 0.663. The van der Waals surface area contributed by atoms with Crippen molar-refractivity contribution in [3.8, 4) is 89.5 Å². The highest BCUT2D eigenvalue weighted by atomic mass is 16.3. The summed E-state index contributed by atoms with van der Waals surface area (Å²) in [5.41, 5.74) is 22.9. The Kier molecular flexibility index (Phi) is 8.50. The fourth-order valence-electron chi connectivity index (χ4n) is 11.3. The Balaban J connectivity index is 1.02. The number of nitrogens with zero attached hydrogens (tertiary/aromatic N) is 2. The number of hydrogen-bond acceptors (Lipinski definition) is 3. The summed E-state index contributed by atoms with van der Waals surface area (Å²) in [6, 6.07) is 87.8. The lowest BCUT2D eigenvalue weighted by molar-refractivity contribution is 0.669. The first kappa shape index (κ1) is 38.4. The molecule has 1 spiro atoms. The number of para-hydroxylation sites is 1.